The predicted octanol–water partition coefficient (Wildman–Crippen LogP) is 1.84. The van der Waals surface area contributed by atoms with E-state index in [1.54, 1.807) is 0 Å². The Morgan fingerprint density at radius 1 is 1.04 bits per heavy atom. The van der Waals surface area contributed by atoms with E-state index in [4.69, 9.17) is 4.74 Å². The number of nitrogens with one attached hydrogen (secondary N) is 3. The van der Waals surface area contributed by atoms with Crippen LogP contribution in [-0.4, -0.2) is 37.0 Å². The summed E-state index contributed by atoms with van der Waals surface area (Å²) in [6.45, 7) is 0.598. The number of benzene rings is 2. The van der Waals surface area contributed by atoms with Crippen molar-refractivity contribution in [3.05, 3.63) is 54.6 Å². The quantitative estimate of drug-likeness (QED) is 0.679. The van der Waals surface area contributed by atoms with Crippen molar-refractivity contribution in [2.24, 2.45) is 0 Å². The van der Waals surface area contributed by atoms with Crippen LogP contribution >= 0.6 is 0 Å². The van der Waals surface area contributed by atoms with Crippen molar-refractivity contribution in [1.29, 1.82) is 0 Å². The maximum atomic E-state index is 12.1. The molecule has 1 heterocycles. The van der Waals surface area contributed by atoms with Crippen LogP contribution in [0.4, 0.5) is 4.79 Å². The van der Waals surface area contributed by atoms with Crippen LogP contribution in [0.2, 0.25) is 0 Å². The fourth-order valence-corrected chi connectivity index (χ4v) is 2.77. The Hall–Kier alpha value is -3.35. The summed E-state index contributed by atoms with van der Waals surface area (Å²) < 4.78 is 5.63. The smallest absolute Gasteiger partial charge is 0.322 e. The van der Waals surface area contributed by atoms with Crippen LogP contribution in [0.25, 0.3) is 11.1 Å². The van der Waals surface area contributed by atoms with Crippen molar-refractivity contribution in [3.8, 4) is 16.9 Å². The molecule has 3 N–H and O–H groups in total. The van der Waals surface area contributed by atoms with Gasteiger partial charge >= 0.3 is 6.03 Å². The van der Waals surface area contributed by atoms with Crippen molar-refractivity contribution in [3.63, 3.8) is 0 Å². The van der Waals surface area contributed by atoms with E-state index < -0.39 is 12.1 Å². The van der Waals surface area contributed by atoms with Crippen LogP contribution in [0.15, 0.2) is 54.6 Å². The third-order valence-corrected chi connectivity index (χ3v) is 4.17. The van der Waals surface area contributed by atoms with Crippen molar-refractivity contribution < 1.29 is 19.1 Å². The molecule has 27 heavy (non-hydrogen) atoms. The first-order valence-electron chi connectivity index (χ1n) is 8.78. The molecule has 0 saturated carbocycles. The maximum absolute atomic E-state index is 12.1. The number of amides is 4. The average molecular weight is 367 g/mol. The molecule has 4 amide bonds. The van der Waals surface area contributed by atoms with Crippen LogP contribution in [0.5, 0.6) is 5.75 Å². The molecule has 1 aliphatic heterocycles. The molecule has 2 aromatic carbocycles. The minimum Gasteiger partial charge on any atom is -0.492 e. The second-order valence-electron chi connectivity index (χ2n) is 6.14. The fraction of sp³-hybridized carbons (Fsp3) is 0.250. The zero-order valence-electron chi connectivity index (χ0n) is 14.7. The number of ether oxygens (including phenoxy) is 1. The molecular formula is C20H21N3O4. The summed E-state index contributed by atoms with van der Waals surface area (Å²) in [4.78, 5) is 34.8. The Kier molecular flexibility index (Phi) is 6.04. The Balaban J connectivity index is 1.42. The largest absolute Gasteiger partial charge is 0.492 e. The highest BCUT2D eigenvalue weighted by atomic mass is 16.5. The van der Waals surface area contributed by atoms with E-state index in [0.29, 0.717) is 18.9 Å². The molecule has 0 aliphatic carbocycles. The standard InChI is InChI=1S/C20H21N3O4/c24-18-11-10-17(22-20(26)23-18)19(25)21-12-13-27-16-8-6-15(7-9-16)14-4-2-1-3-5-14/h1-9,17H,10-13H2,(H,21,25)(H2,22,23,24,26). The Bertz CT molecular complexity index is 806. The van der Waals surface area contributed by atoms with Crippen molar-refractivity contribution >= 4 is 17.8 Å². The van der Waals surface area contributed by atoms with Gasteiger partial charge in [0, 0.05) is 6.42 Å². The lowest BCUT2D eigenvalue weighted by Crippen LogP contribution is -2.48. The van der Waals surface area contributed by atoms with Crippen molar-refractivity contribution in [2.75, 3.05) is 13.2 Å². The molecule has 0 bridgehead atoms. The minimum atomic E-state index is -0.721. The third-order valence-electron chi connectivity index (χ3n) is 4.17. The Labute approximate surface area is 157 Å². The summed E-state index contributed by atoms with van der Waals surface area (Å²) in [6, 6.07) is 16.4. The first kappa shape index (κ1) is 18.4. The van der Waals surface area contributed by atoms with Gasteiger partial charge in [-0.25, -0.2) is 4.79 Å². The highest BCUT2D eigenvalue weighted by Crippen LogP contribution is 2.21. The van der Waals surface area contributed by atoms with Gasteiger partial charge in [-0.1, -0.05) is 42.5 Å². The van der Waals surface area contributed by atoms with Gasteiger partial charge < -0.3 is 15.4 Å². The second kappa shape index (κ2) is 8.84. The van der Waals surface area contributed by atoms with Gasteiger partial charge in [0.2, 0.25) is 11.8 Å². The number of rotatable bonds is 6. The molecule has 0 aromatic heterocycles. The fourth-order valence-electron chi connectivity index (χ4n) is 2.77. The second-order valence-corrected chi connectivity index (χ2v) is 6.14. The van der Waals surface area contributed by atoms with Gasteiger partial charge in [0.1, 0.15) is 18.4 Å². The normalized spacial score (nSPS) is 16.7. The molecule has 140 valence electrons. The van der Waals surface area contributed by atoms with E-state index in [2.05, 4.69) is 16.0 Å². The van der Waals surface area contributed by atoms with E-state index in [9.17, 15) is 14.4 Å². The summed E-state index contributed by atoms with van der Waals surface area (Å²) in [7, 11) is 0. The molecule has 3 rings (SSSR count). The van der Waals surface area contributed by atoms with Crippen LogP contribution in [0, 0.1) is 0 Å². The van der Waals surface area contributed by atoms with E-state index >= 15 is 0 Å². The number of imide groups is 1. The number of hydrogen-bond acceptors (Lipinski definition) is 4. The van der Waals surface area contributed by atoms with Crippen LogP contribution in [-0.2, 0) is 9.59 Å². The van der Waals surface area contributed by atoms with Gasteiger partial charge in [-0.3, -0.25) is 14.9 Å². The van der Waals surface area contributed by atoms with E-state index in [1.807, 2.05) is 54.6 Å². The van der Waals surface area contributed by atoms with Gasteiger partial charge in [0.05, 0.1) is 6.54 Å². The number of carbonyl (C=O) groups is 3. The molecule has 7 nitrogen and oxygen atoms in total. The van der Waals surface area contributed by atoms with Crippen LogP contribution in [0.1, 0.15) is 12.8 Å². The molecule has 1 atom stereocenters. The Morgan fingerprint density at radius 2 is 1.74 bits per heavy atom. The molecule has 0 radical (unpaired) electrons. The van der Waals surface area contributed by atoms with Gasteiger partial charge in [-0.2, -0.15) is 0 Å². The zero-order valence-corrected chi connectivity index (χ0v) is 14.7. The predicted molar refractivity (Wildman–Crippen MR) is 100 cm³/mol. The monoisotopic (exact) mass is 367 g/mol. The zero-order chi connectivity index (χ0) is 19.1. The van der Waals surface area contributed by atoms with E-state index in [1.165, 1.54) is 0 Å². The highest BCUT2D eigenvalue weighted by Gasteiger charge is 2.25. The molecule has 1 aliphatic rings. The van der Waals surface area contributed by atoms with Gasteiger partial charge in [0.15, 0.2) is 0 Å². The molecule has 0 spiro atoms. The maximum Gasteiger partial charge on any atom is 0.322 e. The van der Waals surface area contributed by atoms with Gasteiger partial charge in [-0.05, 0) is 29.7 Å². The highest BCUT2D eigenvalue weighted by molar-refractivity contribution is 5.98. The minimum absolute atomic E-state index is 0.126. The summed E-state index contributed by atoms with van der Waals surface area (Å²) >= 11 is 0. The number of carbonyl (C=O) groups excluding carboxylic acids is 3. The molecule has 2 aromatic rings. The lowest BCUT2D eigenvalue weighted by Gasteiger charge is -2.15. The van der Waals surface area contributed by atoms with Crippen LogP contribution in [0.3, 0.4) is 0 Å². The summed E-state index contributed by atoms with van der Waals surface area (Å²) in [5, 5.41) is 7.31. The van der Waals surface area contributed by atoms with Gasteiger partial charge in [-0.15, -0.1) is 0 Å². The SMILES string of the molecule is O=C1CCC(C(=O)NCCOc2ccc(-c3ccccc3)cc2)NC(=O)N1. The van der Waals surface area contributed by atoms with Crippen molar-refractivity contribution in [1.82, 2.24) is 16.0 Å². The first-order valence-corrected chi connectivity index (χ1v) is 8.78. The molecular weight excluding hydrogens is 346 g/mol. The summed E-state index contributed by atoms with van der Waals surface area (Å²) in [5.41, 5.74) is 2.23. The molecule has 1 saturated heterocycles. The van der Waals surface area contributed by atoms with E-state index in [0.717, 1.165) is 11.1 Å². The lowest BCUT2D eigenvalue weighted by atomic mass is 10.1. The molecule has 1 fully saturated rings. The van der Waals surface area contributed by atoms with Gasteiger partial charge in [0.25, 0.3) is 0 Å². The lowest BCUT2D eigenvalue weighted by molar-refractivity contribution is -0.123. The van der Waals surface area contributed by atoms with E-state index in [-0.39, 0.29) is 24.7 Å². The first-order chi connectivity index (χ1) is 13.1. The Morgan fingerprint density at radius 3 is 2.48 bits per heavy atom. The number of urea groups is 1. The third kappa shape index (κ3) is 5.31. The molecule has 1 unspecified atom stereocenters. The number of hydrogen-bond donors (Lipinski definition) is 3. The van der Waals surface area contributed by atoms with Crippen molar-refractivity contribution in [2.45, 2.75) is 18.9 Å². The van der Waals surface area contributed by atoms with Crippen LogP contribution < -0.4 is 20.7 Å². The average Bonchev–Trinajstić information content (AvgIpc) is 2.86. The molecule has 7 heteroatoms. The summed E-state index contributed by atoms with van der Waals surface area (Å²) in [6.07, 6.45) is 0.395. The topological polar surface area (TPSA) is 96.5 Å². The summed E-state index contributed by atoms with van der Waals surface area (Å²) in [5.74, 6) is -0.00513.